The summed E-state index contributed by atoms with van der Waals surface area (Å²) >= 11 is 6.18. The number of rotatable bonds is 3. The number of halogens is 1. The van der Waals surface area contributed by atoms with Crippen LogP contribution in [0.2, 0.25) is 5.02 Å². The lowest BCUT2D eigenvalue weighted by Gasteiger charge is -2.31. The van der Waals surface area contributed by atoms with Gasteiger partial charge in [-0.15, -0.1) is 10.2 Å². The van der Waals surface area contributed by atoms with Crippen LogP contribution < -0.4 is 4.90 Å². The van der Waals surface area contributed by atoms with E-state index in [0.717, 1.165) is 51.8 Å². The number of aliphatic hydroxyl groups excluding tert-OH is 1. The summed E-state index contributed by atoms with van der Waals surface area (Å²) in [5.74, 6) is 1.58. The molecule has 0 amide bonds. The van der Waals surface area contributed by atoms with Gasteiger partial charge in [0.1, 0.15) is 17.3 Å². The van der Waals surface area contributed by atoms with Gasteiger partial charge < -0.3 is 19.7 Å². The number of nitrogens with one attached hydrogen (secondary N) is 1. The van der Waals surface area contributed by atoms with E-state index in [-0.39, 0.29) is 6.04 Å². The van der Waals surface area contributed by atoms with Crippen molar-refractivity contribution >= 4 is 28.5 Å². The number of fused-ring (bicyclic) bond motifs is 2. The molecular weight excluding hydrogens is 440 g/mol. The van der Waals surface area contributed by atoms with Crippen LogP contribution in [0.3, 0.4) is 0 Å². The van der Waals surface area contributed by atoms with E-state index < -0.39 is 6.23 Å². The first-order chi connectivity index (χ1) is 16.0. The SMILES string of the molecule is Cc1cc(N2C(O)c3nc(C4=CCOCC4)[nH]c3C2c2ccc(Cl)cc2)cn2c(C)nnc12. The van der Waals surface area contributed by atoms with Crippen LogP contribution in [0.4, 0.5) is 5.69 Å². The maximum Gasteiger partial charge on any atom is 0.173 e. The molecule has 2 atom stereocenters. The Balaban J connectivity index is 1.51. The Morgan fingerprint density at radius 2 is 2.00 bits per heavy atom. The minimum absolute atomic E-state index is 0.261. The zero-order chi connectivity index (χ0) is 22.7. The molecule has 0 spiro atoms. The molecule has 6 rings (SSSR count). The number of nitrogens with zero attached hydrogens (tertiary/aromatic N) is 5. The molecule has 8 nitrogen and oxygen atoms in total. The van der Waals surface area contributed by atoms with Gasteiger partial charge >= 0.3 is 0 Å². The Morgan fingerprint density at radius 3 is 2.76 bits per heavy atom. The number of pyridine rings is 1. The fourth-order valence-corrected chi connectivity index (χ4v) is 4.89. The molecule has 4 aromatic rings. The monoisotopic (exact) mass is 462 g/mol. The second-order valence-electron chi connectivity index (χ2n) is 8.50. The number of imidazole rings is 1. The second kappa shape index (κ2) is 7.69. The van der Waals surface area contributed by atoms with E-state index in [4.69, 9.17) is 21.3 Å². The number of anilines is 1. The number of hydrogen-bond acceptors (Lipinski definition) is 6. The number of aromatic amines is 1. The van der Waals surface area contributed by atoms with Crippen LogP contribution in [0.15, 0.2) is 42.6 Å². The average molecular weight is 463 g/mol. The van der Waals surface area contributed by atoms with E-state index >= 15 is 0 Å². The van der Waals surface area contributed by atoms with Crippen LogP contribution in [-0.4, -0.2) is 42.9 Å². The molecule has 0 saturated carbocycles. The van der Waals surface area contributed by atoms with Gasteiger partial charge in [0.25, 0.3) is 0 Å². The number of hydrogen-bond donors (Lipinski definition) is 2. The minimum atomic E-state index is -0.917. The number of aromatic nitrogens is 5. The molecule has 2 aliphatic heterocycles. The van der Waals surface area contributed by atoms with Crippen LogP contribution in [-0.2, 0) is 4.74 Å². The Hall–Kier alpha value is -3.20. The van der Waals surface area contributed by atoms with Crippen LogP contribution >= 0.6 is 11.6 Å². The van der Waals surface area contributed by atoms with E-state index in [9.17, 15) is 5.11 Å². The van der Waals surface area contributed by atoms with Crippen LogP contribution in [0, 0.1) is 13.8 Å². The van der Waals surface area contributed by atoms with Crippen molar-refractivity contribution in [3.63, 3.8) is 0 Å². The fourth-order valence-electron chi connectivity index (χ4n) is 4.76. The van der Waals surface area contributed by atoms with Gasteiger partial charge in [-0.3, -0.25) is 4.40 Å². The molecule has 9 heteroatoms. The van der Waals surface area contributed by atoms with E-state index in [1.807, 2.05) is 65.8 Å². The summed E-state index contributed by atoms with van der Waals surface area (Å²) in [6.45, 7) is 5.16. The van der Waals surface area contributed by atoms with Crippen molar-refractivity contribution < 1.29 is 9.84 Å². The summed E-state index contributed by atoms with van der Waals surface area (Å²) < 4.78 is 7.40. The highest BCUT2D eigenvalue weighted by Gasteiger charge is 2.42. The van der Waals surface area contributed by atoms with Gasteiger partial charge in [0.05, 0.1) is 30.6 Å². The molecule has 0 aliphatic carbocycles. The zero-order valence-corrected chi connectivity index (χ0v) is 19.0. The highest BCUT2D eigenvalue weighted by molar-refractivity contribution is 6.30. The maximum atomic E-state index is 11.5. The highest BCUT2D eigenvalue weighted by Crippen LogP contribution is 2.47. The summed E-state index contributed by atoms with van der Waals surface area (Å²) in [4.78, 5) is 10.3. The van der Waals surface area contributed by atoms with Gasteiger partial charge in [0.15, 0.2) is 11.9 Å². The third kappa shape index (κ3) is 3.25. The lowest BCUT2D eigenvalue weighted by molar-refractivity contribution is 0.161. The number of H-pyrrole nitrogens is 1. The van der Waals surface area contributed by atoms with E-state index in [1.165, 1.54) is 0 Å². The number of ether oxygens (including phenoxy) is 1. The molecule has 3 aromatic heterocycles. The fraction of sp³-hybridized carbons (Fsp3) is 0.292. The van der Waals surface area contributed by atoms with Crippen LogP contribution in [0.1, 0.15) is 52.9 Å². The van der Waals surface area contributed by atoms with E-state index in [0.29, 0.717) is 23.9 Å². The molecule has 2 unspecified atom stereocenters. The van der Waals surface area contributed by atoms with Crippen molar-refractivity contribution in [1.29, 1.82) is 0 Å². The lowest BCUT2D eigenvalue weighted by atomic mass is 10.0. The van der Waals surface area contributed by atoms with Gasteiger partial charge in [-0.2, -0.15) is 0 Å². The smallest absolute Gasteiger partial charge is 0.173 e. The van der Waals surface area contributed by atoms with Crippen molar-refractivity contribution in [3.05, 3.63) is 81.8 Å². The maximum absolute atomic E-state index is 11.5. The normalized spacial score (nSPS) is 20.4. The van der Waals surface area contributed by atoms with Crippen LogP contribution in [0.5, 0.6) is 0 Å². The largest absolute Gasteiger partial charge is 0.377 e. The molecule has 2 aliphatic rings. The number of aryl methyl sites for hydroxylation is 2. The topological polar surface area (TPSA) is 91.6 Å². The Labute approximate surface area is 195 Å². The lowest BCUT2D eigenvalue weighted by Crippen LogP contribution is -2.28. The molecule has 33 heavy (non-hydrogen) atoms. The third-order valence-corrected chi connectivity index (χ3v) is 6.67. The first kappa shape index (κ1) is 20.4. The molecule has 2 N–H and O–H groups in total. The van der Waals surface area contributed by atoms with E-state index in [2.05, 4.69) is 15.2 Å². The summed E-state index contributed by atoms with van der Waals surface area (Å²) in [5, 5.41) is 20.6. The quantitative estimate of drug-likeness (QED) is 0.475. The second-order valence-corrected chi connectivity index (χ2v) is 8.93. The predicted octanol–water partition coefficient (Wildman–Crippen LogP) is 4.13. The van der Waals surface area contributed by atoms with E-state index in [1.54, 1.807) is 0 Å². The predicted molar refractivity (Wildman–Crippen MR) is 125 cm³/mol. The summed E-state index contributed by atoms with van der Waals surface area (Å²) in [6, 6.07) is 9.49. The molecule has 0 fully saturated rings. The molecule has 5 heterocycles. The van der Waals surface area contributed by atoms with Gasteiger partial charge in [-0.05, 0) is 55.2 Å². The summed E-state index contributed by atoms with van der Waals surface area (Å²) in [6.07, 6.45) is 3.89. The van der Waals surface area contributed by atoms with Gasteiger partial charge in [0, 0.05) is 11.2 Å². The van der Waals surface area contributed by atoms with Crippen molar-refractivity contribution in [2.75, 3.05) is 18.1 Å². The Morgan fingerprint density at radius 1 is 1.18 bits per heavy atom. The van der Waals surface area contributed by atoms with Gasteiger partial charge in [-0.1, -0.05) is 29.8 Å². The number of benzene rings is 1. The molecule has 0 saturated heterocycles. The van der Waals surface area contributed by atoms with Crippen molar-refractivity contribution in [2.45, 2.75) is 32.5 Å². The number of aliphatic hydroxyl groups is 1. The Kier molecular flexibility index (Phi) is 4.76. The van der Waals surface area contributed by atoms with Crippen molar-refractivity contribution in [3.8, 4) is 0 Å². The minimum Gasteiger partial charge on any atom is -0.377 e. The van der Waals surface area contributed by atoms with Gasteiger partial charge in [0.2, 0.25) is 0 Å². The highest BCUT2D eigenvalue weighted by atomic mass is 35.5. The molecule has 1 aromatic carbocycles. The third-order valence-electron chi connectivity index (χ3n) is 6.42. The van der Waals surface area contributed by atoms with Crippen molar-refractivity contribution in [1.82, 2.24) is 24.6 Å². The van der Waals surface area contributed by atoms with Crippen molar-refractivity contribution in [2.24, 2.45) is 0 Å². The first-order valence-electron chi connectivity index (χ1n) is 10.9. The average Bonchev–Trinajstić information content (AvgIpc) is 3.49. The molecule has 0 bridgehead atoms. The molecular formula is C24H23ClN6O2. The van der Waals surface area contributed by atoms with Gasteiger partial charge in [-0.25, -0.2) is 4.98 Å². The standard InChI is InChI=1S/C24H23ClN6O2/c1-13-11-18(12-30-14(2)28-29-23(13)30)31-21(15-3-5-17(25)6-4-15)19-20(24(31)32)27-22(26-19)16-7-9-33-10-8-16/h3-7,11-12,21,24,32H,8-10H2,1-2H3,(H,26,27). The molecule has 168 valence electrons. The summed E-state index contributed by atoms with van der Waals surface area (Å²) in [7, 11) is 0. The Bertz CT molecular complexity index is 1390. The molecule has 0 radical (unpaired) electrons. The first-order valence-corrected chi connectivity index (χ1v) is 11.3. The zero-order valence-electron chi connectivity index (χ0n) is 18.3. The van der Waals surface area contributed by atoms with Crippen LogP contribution in [0.25, 0.3) is 11.2 Å². The summed E-state index contributed by atoms with van der Waals surface area (Å²) in [5.41, 5.74) is 6.27.